The number of nitriles is 1. The van der Waals surface area contributed by atoms with Gasteiger partial charge in [-0.3, -0.25) is 0 Å². The van der Waals surface area contributed by atoms with Gasteiger partial charge in [0.2, 0.25) is 10.0 Å². The van der Waals surface area contributed by atoms with Crippen LogP contribution in [0.4, 0.5) is 4.39 Å². The summed E-state index contributed by atoms with van der Waals surface area (Å²) in [7, 11) is -3.71. The standard InChI is InChI=1S/C13H15FN2O2S/c1-2-13(6-3-7-13)16-19(17,18)11-4-5-12(14)10(8-11)9-15/h4-5,8,16H,2-3,6-7H2,1H3. The third-order valence-corrected chi connectivity index (χ3v) is 5.28. The summed E-state index contributed by atoms with van der Waals surface area (Å²) in [5.74, 6) is -0.713. The summed E-state index contributed by atoms with van der Waals surface area (Å²) in [5.41, 5.74) is -0.637. The minimum Gasteiger partial charge on any atom is -0.207 e. The predicted molar refractivity (Wildman–Crippen MR) is 68.3 cm³/mol. The van der Waals surface area contributed by atoms with Crippen LogP contribution in [0.2, 0.25) is 0 Å². The van der Waals surface area contributed by atoms with Crippen molar-refractivity contribution in [1.82, 2.24) is 4.72 Å². The Bertz CT molecular complexity index is 625. The zero-order valence-corrected chi connectivity index (χ0v) is 11.4. The van der Waals surface area contributed by atoms with Crippen LogP contribution in [0.3, 0.4) is 0 Å². The number of benzene rings is 1. The van der Waals surface area contributed by atoms with Gasteiger partial charge in [0, 0.05) is 5.54 Å². The molecule has 102 valence electrons. The molecule has 1 saturated carbocycles. The summed E-state index contributed by atoms with van der Waals surface area (Å²) in [5, 5.41) is 8.74. The van der Waals surface area contributed by atoms with Crippen molar-refractivity contribution in [1.29, 1.82) is 5.26 Å². The first kappa shape index (κ1) is 14.0. The third kappa shape index (κ3) is 2.62. The van der Waals surface area contributed by atoms with Crippen molar-refractivity contribution in [3.05, 3.63) is 29.6 Å². The van der Waals surface area contributed by atoms with Gasteiger partial charge in [0.05, 0.1) is 10.5 Å². The number of sulfonamides is 1. The lowest BCUT2D eigenvalue weighted by Gasteiger charge is -2.41. The maximum absolute atomic E-state index is 13.2. The van der Waals surface area contributed by atoms with E-state index < -0.39 is 15.8 Å². The summed E-state index contributed by atoms with van der Waals surface area (Å²) in [6.45, 7) is 1.94. The maximum Gasteiger partial charge on any atom is 0.241 e. The van der Waals surface area contributed by atoms with Gasteiger partial charge in [0.15, 0.2) is 0 Å². The monoisotopic (exact) mass is 282 g/mol. The summed E-state index contributed by atoms with van der Waals surface area (Å²) in [6.07, 6.45) is 3.35. The minimum absolute atomic E-state index is 0.0647. The number of hydrogen-bond acceptors (Lipinski definition) is 3. The van der Waals surface area contributed by atoms with E-state index in [2.05, 4.69) is 4.72 Å². The molecule has 0 atom stereocenters. The van der Waals surface area contributed by atoms with Gasteiger partial charge in [0.1, 0.15) is 11.9 Å². The van der Waals surface area contributed by atoms with Crippen molar-refractivity contribution in [2.24, 2.45) is 0 Å². The Labute approximate surface area is 112 Å². The van der Waals surface area contributed by atoms with Crippen LogP contribution in [0.1, 0.15) is 38.2 Å². The van der Waals surface area contributed by atoms with Crippen LogP contribution < -0.4 is 4.72 Å². The second kappa shape index (κ2) is 4.91. The van der Waals surface area contributed by atoms with E-state index in [0.29, 0.717) is 0 Å². The van der Waals surface area contributed by atoms with Gasteiger partial charge in [-0.05, 0) is 43.9 Å². The molecule has 0 bridgehead atoms. The Morgan fingerprint density at radius 3 is 2.63 bits per heavy atom. The highest BCUT2D eigenvalue weighted by molar-refractivity contribution is 7.89. The SMILES string of the molecule is CCC1(NS(=O)(=O)c2ccc(F)c(C#N)c2)CCC1. The van der Waals surface area contributed by atoms with Gasteiger partial charge in [-0.25, -0.2) is 17.5 Å². The van der Waals surface area contributed by atoms with E-state index in [0.717, 1.165) is 37.8 Å². The molecule has 2 rings (SSSR count). The molecule has 1 fully saturated rings. The lowest BCUT2D eigenvalue weighted by molar-refractivity contribution is 0.214. The van der Waals surface area contributed by atoms with Crippen molar-refractivity contribution in [2.45, 2.75) is 43.0 Å². The predicted octanol–water partition coefficient (Wildman–Crippen LogP) is 2.31. The molecule has 0 heterocycles. The van der Waals surface area contributed by atoms with Gasteiger partial charge in [-0.15, -0.1) is 0 Å². The van der Waals surface area contributed by atoms with E-state index in [1.807, 2.05) is 6.92 Å². The molecule has 1 aromatic rings. The molecular formula is C13H15FN2O2S. The Kier molecular flexibility index (Phi) is 3.61. The van der Waals surface area contributed by atoms with E-state index >= 15 is 0 Å². The van der Waals surface area contributed by atoms with Gasteiger partial charge in [-0.1, -0.05) is 6.92 Å². The molecule has 0 radical (unpaired) electrons. The molecule has 0 aromatic heterocycles. The van der Waals surface area contributed by atoms with Crippen molar-refractivity contribution in [3.63, 3.8) is 0 Å². The fraction of sp³-hybridized carbons (Fsp3) is 0.462. The second-order valence-electron chi connectivity index (χ2n) is 4.85. The second-order valence-corrected chi connectivity index (χ2v) is 6.53. The van der Waals surface area contributed by atoms with E-state index in [1.54, 1.807) is 6.07 Å². The molecule has 0 amide bonds. The third-order valence-electron chi connectivity index (χ3n) is 3.71. The van der Waals surface area contributed by atoms with E-state index in [-0.39, 0.29) is 16.0 Å². The Morgan fingerprint density at radius 1 is 1.47 bits per heavy atom. The van der Waals surface area contributed by atoms with Crippen LogP contribution in [-0.2, 0) is 10.0 Å². The highest BCUT2D eigenvalue weighted by atomic mass is 32.2. The molecule has 0 spiro atoms. The smallest absolute Gasteiger partial charge is 0.207 e. The van der Waals surface area contributed by atoms with Gasteiger partial charge >= 0.3 is 0 Å². The normalized spacial score (nSPS) is 17.5. The van der Waals surface area contributed by atoms with E-state index in [1.165, 1.54) is 6.07 Å². The average molecular weight is 282 g/mol. The van der Waals surface area contributed by atoms with Gasteiger partial charge in [-0.2, -0.15) is 5.26 Å². The first-order chi connectivity index (χ1) is 8.92. The maximum atomic E-state index is 13.2. The fourth-order valence-electron chi connectivity index (χ4n) is 2.23. The Balaban J connectivity index is 2.32. The molecule has 0 unspecified atom stereocenters. The molecule has 0 aliphatic heterocycles. The van der Waals surface area contributed by atoms with Crippen LogP contribution in [-0.4, -0.2) is 14.0 Å². The lowest BCUT2D eigenvalue weighted by atomic mass is 9.76. The molecule has 19 heavy (non-hydrogen) atoms. The number of rotatable bonds is 4. The first-order valence-electron chi connectivity index (χ1n) is 6.16. The van der Waals surface area contributed by atoms with Crippen molar-refractivity contribution in [2.75, 3.05) is 0 Å². The Hall–Kier alpha value is -1.45. The van der Waals surface area contributed by atoms with Crippen LogP contribution >= 0.6 is 0 Å². The van der Waals surface area contributed by atoms with Crippen LogP contribution in [0.15, 0.2) is 23.1 Å². The molecule has 1 aliphatic carbocycles. The largest absolute Gasteiger partial charge is 0.241 e. The summed E-state index contributed by atoms with van der Waals surface area (Å²) < 4.78 is 40.4. The molecule has 1 aliphatic rings. The molecule has 6 heteroatoms. The summed E-state index contributed by atoms with van der Waals surface area (Å²) in [6, 6.07) is 4.90. The highest BCUT2D eigenvalue weighted by Crippen LogP contribution is 2.36. The van der Waals surface area contributed by atoms with Crippen LogP contribution in [0.25, 0.3) is 0 Å². The first-order valence-corrected chi connectivity index (χ1v) is 7.64. The molecular weight excluding hydrogens is 267 g/mol. The fourth-order valence-corrected chi connectivity index (χ4v) is 3.79. The van der Waals surface area contributed by atoms with Crippen molar-refractivity contribution < 1.29 is 12.8 Å². The average Bonchev–Trinajstić information content (AvgIpc) is 2.34. The number of hydrogen-bond donors (Lipinski definition) is 1. The molecule has 1 aromatic carbocycles. The van der Waals surface area contributed by atoms with Gasteiger partial charge < -0.3 is 0 Å². The molecule has 1 N–H and O–H groups in total. The highest BCUT2D eigenvalue weighted by Gasteiger charge is 2.39. The summed E-state index contributed by atoms with van der Waals surface area (Å²) >= 11 is 0. The topological polar surface area (TPSA) is 70.0 Å². The number of halogens is 1. The summed E-state index contributed by atoms with van der Waals surface area (Å²) in [4.78, 5) is -0.0647. The van der Waals surface area contributed by atoms with E-state index in [9.17, 15) is 12.8 Å². The van der Waals surface area contributed by atoms with Gasteiger partial charge in [0.25, 0.3) is 0 Å². The zero-order chi connectivity index (χ0) is 14.1. The number of nitrogens with one attached hydrogen (secondary N) is 1. The van der Waals surface area contributed by atoms with Crippen molar-refractivity contribution in [3.8, 4) is 6.07 Å². The molecule has 0 saturated heterocycles. The van der Waals surface area contributed by atoms with Crippen LogP contribution in [0.5, 0.6) is 0 Å². The van der Waals surface area contributed by atoms with Crippen LogP contribution in [0, 0.1) is 17.1 Å². The zero-order valence-electron chi connectivity index (χ0n) is 10.6. The van der Waals surface area contributed by atoms with Crippen molar-refractivity contribution >= 4 is 10.0 Å². The minimum atomic E-state index is -3.71. The molecule has 4 nitrogen and oxygen atoms in total. The Morgan fingerprint density at radius 2 is 2.16 bits per heavy atom. The van der Waals surface area contributed by atoms with E-state index in [4.69, 9.17) is 5.26 Å². The quantitative estimate of drug-likeness (QED) is 0.921. The number of nitrogens with zero attached hydrogens (tertiary/aromatic N) is 1. The lowest BCUT2D eigenvalue weighted by Crippen LogP contribution is -2.52.